The minimum atomic E-state index is -0.668. The van der Waals surface area contributed by atoms with Crippen molar-refractivity contribution < 1.29 is 24.2 Å². The number of nitrogens with one attached hydrogen (secondary N) is 1. The highest BCUT2D eigenvalue weighted by Gasteiger charge is 2.59. The van der Waals surface area contributed by atoms with Gasteiger partial charge in [0.25, 0.3) is 5.91 Å². The fourth-order valence-corrected chi connectivity index (χ4v) is 7.78. The first-order valence-corrected chi connectivity index (χ1v) is 13.5. The molecule has 1 saturated carbocycles. The molecule has 2 aliphatic carbocycles. The average molecular weight is 502 g/mol. The maximum atomic E-state index is 13.4. The number of rotatable bonds is 5. The zero-order chi connectivity index (χ0) is 24.8. The highest BCUT2D eigenvalue weighted by atomic mass is 32.1. The molecular formula is C26H35N3O5S. The fourth-order valence-electron chi connectivity index (χ4n) is 6.71. The highest BCUT2D eigenvalue weighted by Crippen LogP contribution is 2.63. The molecule has 2 aromatic heterocycles. The summed E-state index contributed by atoms with van der Waals surface area (Å²) in [6.07, 6.45) is 6.45. The van der Waals surface area contributed by atoms with Crippen LogP contribution in [0, 0.1) is 16.7 Å². The van der Waals surface area contributed by atoms with E-state index in [9.17, 15) is 19.8 Å². The molecule has 5 rings (SSSR count). The molecule has 5 unspecified atom stereocenters. The normalized spacial score (nSPS) is 32.6. The zero-order valence-electron chi connectivity index (χ0n) is 20.5. The summed E-state index contributed by atoms with van der Waals surface area (Å²) in [4.78, 5) is 33.9. The zero-order valence-corrected chi connectivity index (χ0v) is 21.3. The molecule has 8 nitrogen and oxygen atoms in total. The number of aromatic nitrogens is 1. The molecule has 5 atom stereocenters. The quantitative estimate of drug-likeness (QED) is 0.574. The number of piperidine rings is 1. The third-order valence-electron chi connectivity index (χ3n) is 8.95. The van der Waals surface area contributed by atoms with Crippen LogP contribution in [0.2, 0.25) is 0 Å². The Labute approximate surface area is 209 Å². The van der Waals surface area contributed by atoms with Gasteiger partial charge in [-0.3, -0.25) is 14.9 Å². The maximum absolute atomic E-state index is 13.4. The van der Waals surface area contributed by atoms with Crippen molar-refractivity contribution in [2.45, 2.75) is 70.8 Å². The van der Waals surface area contributed by atoms with E-state index in [1.54, 1.807) is 12.1 Å². The predicted octanol–water partition coefficient (Wildman–Crippen LogP) is 3.81. The van der Waals surface area contributed by atoms with E-state index in [-0.39, 0.29) is 41.4 Å². The number of amides is 2. The molecule has 3 heterocycles. The van der Waals surface area contributed by atoms with E-state index in [1.165, 1.54) is 17.6 Å². The molecule has 0 bridgehead atoms. The first-order chi connectivity index (χ1) is 16.8. The van der Waals surface area contributed by atoms with Crippen molar-refractivity contribution in [3.8, 4) is 0 Å². The molecule has 35 heavy (non-hydrogen) atoms. The number of nitrogens with zero attached hydrogens (tertiary/aromatic N) is 2. The number of hydrogen-bond donors (Lipinski definition) is 3. The molecule has 1 aliphatic heterocycles. The van der Waals surface area contributed by atoms with Crippen LogP contribution in [0.15, 0.2) is 22.8 Å². The predicted molar refractivity (Wildman–Crippen MR) is 132 cm³/mol. The first-order valence-electron chi connectivity index (χ1n) is 12.7. The van der Waals surface area contributed by atoms with Gasteiger partial charge in [-0.1, -0.05) is 13.8 Å². The van der Waals surface area contributed by atoms with Crippen molar-refractivity contribution in [1.29, 1.82) is 0 Å². The summed E-state index contributed by atoms with van der Waals surface area (Å²) < 4.78 is 5.22. The Hall–Kier alpha value is -2.23. The van der Waals surface area contributed by atoms with Crippen molar-refractivity contribution in [2.75, 3.05) is 25.0 Å². The molecule has 3 aliphatic rings. The molecule has 2 aromatic rings. The van der Waals surface area contributed by atoms with Gasteiger partial charge < -0.3 is 19.5 Å². The van der Waals surface area contributed by atoms with Gasteiger partial charge in [0.1, 0.15) is 0 Å². The van der Waals surface area contributed by atoms with Crippen LogP contribution in [0.3, 0.4) is 0 Å². The van der Waals surface area contributed by atoms with Crippen molar-refractivity contribution >= 4 is 28.3 Å². The van der Waals surface area contributed by atoms with Gasteiger partial charge in [0.05, 0.1) is 24.7 Å². The minimum absolute atomic E-state index is 0.00974. The van der Waals surface area contributed by atoms with E-state index in [1.807, 2.05) is 11.8 Å². The van der Waals surface area contributed by atoms with Crippen LogP contribution >= 0.6 is 11.3 Å². The van der Waals surface area contributed by atoms with E-state index in [0.717, 1.165) is 49.3 Å². The summed E-state index contributed by atoms with van der Waals surface area (Å²) in [5, 5.41) is 24.7. The first kappa shape index (κ1) is 24.5. The third kappa shape index (κ3) is 4.21. The van der Waals surface area contributed by atoms with Gasteiger partial charge in [-0.05, 0) is 62.0 Å². The summed E-state index contributed by atoms with van der Waals surface area (Å²) in [5.74, 6) is -0.152. The highest BCUT2D eigenvalue weighted by molar-refractivity contribution is 7.15. The monoisotopic (exact) mass is 501 g/mol. The molecule has 9 heteroatoms. The largest absolute Gasteiger partial charge is 0.459 e. The van der Waals surface area contributed by atoms with Gasteiger partial charge in [-0.2, -0.15) is 0 Å². The number of aliphatic hydroxyl groups is 2. The average Bonchev–Trinajstić information content (AvgIpc) is 3.53. The van der Waals surface area contributed by atoms with Gasteiger partial charge in [-0.25, -0.2) is 4.98 Å². The van der Waals surface area contributed by atoms with Crippen LogP contribution in [0.25, 0.3) is 0 Å². The van der Waals surface area contributed by atoms with Gasteiger partial charge in [0, 0.05) is 35.7 Å². The summed E-state index contributed by atoms with van der Waals surface area (Å²) in [7, 11) is 0. The Morgan fingerprint density at radius 2 is 2.06 bits per heavy atom. The second kappa shape index (κ2) is 9.33. The number of fused-ring (bicyclic) bond motifs is 2. The Kier molecular flexibility index (Phi) is 6.52. The van der Waals surface area contributed by atoms with Crippen LogP contribution in [0.1, 0.15) is 79.4 Å². The third-order valence-corrected chi connectivity index (χ3v) is 9.96. The Balaban J connectivity index is 1.50. The number of furan rings is 1. The van der Waals surface area contributed by atoms with Gasteiger partial charge >= 0.3 is 0 Å². The lowest BCUT2D eigenvalue weighted by atomic mass is 9.47. The number of carbonyl (C=O) groups is 2. The summed E-state index contributed by atoms with van der Waals surface area (Å²) >= 11 is 1.42. The molecule has 3 N–H and O–H groups in total. The second-order valence-corrected chi connectivity index (χ2v) is 12.0. The number of aliphatic hydroxyl groups excluding tert-OH is 2. The fraction of sp³-hybridized carbons (Fsp3) is 0.654. The Morgan fingerprint density at radius 3 is 2.74 bits per heavy atom. The molecule has 0 radical (unpaired) electrons. The van der Waals surface area contributed by atoms with Crippen LogP contribution in [0.4, 0.5) is 5.13 Å². The Bertz CT molecular complexity index is 1080. The lowest BCUT2D eigenvalue weighted by Crippen LogP contribution is -2.57. The number of thiazole rings is 1. The van der Waals surface area contributed by atoms with Crippen LogP contribution in [-0.4, -0.2) is 57.7 Å². The van der Waals surface area contributed by atoms with Crippen LogP contribution in [-0.2, 0) is 11.2 Å². The summed E-state index contributed by atoms with van der Waals surface area (Å²) in [6.45, 7) is 5.65. The molecule has 2 amide bonds. The smallest absolute Gasteiger partial charge is 0.293 e. The van der Waals surface area contributed by atoms with Crippen molar-refractivity contribution in [2.24, 2.45) is 16.7 Å². The SMILES string of the molecule is CC1(CO)C(O)CCC2(C)C(CC(=O)N3CCCCC3)c3nc(NC(=O)c4ccco4)sc3CC12. The molecule has 0 aromatic carbocycles. The second-order valence-electron chi connectivity index (χ2n) is 10.9. The van der Waals surface area contributed by atoms with E-state index < -0.39 is 11.5 Å². The molecular weight excluding hydrogens is 466 g/mol. The van der Waals surface area contributed by atoms with E-state index in [4.69, 9.17) is 9.40 Å². The van der Waals surface area contributed by atoms with Crippen molar-refractivity contribution in [3.05, 3.63) is 34.7 Å². The van der Waals surface area contributed by atoms with Crippen LogP contribution in [0.5, 0.6) is 0 Å². The van der Waals surface area contributed by atoms with E-state index in [0.29, 0.717) is 24.4 Å². The summed E-state index contributed by atoms with van der Waals surface area (Å²) in [6, 6.07) is 3.27. The lowest BCUT2D eigenvalue weighted by molar-refractivity contribution is -0.147. The molecule has 190 valence electrons. The number of carbonyl (C=O) groups excluding carboxylic acids is 2. The number of anilines is 1. The topological polar surface area (TPSA) is 116 Å². The summed E-state index contributed by atoms with van der Waals surface area (Å²) in [5.41, 5.74) is -0.0879. The van der Waals surface area contributed by atoms with Crippen LogP contribution < -0.4 is 5.32 Å². The Morgan fingerprint density at radius 1 is 1.29 bits per heavy atom. The molecule has 1 saturated heterocycles. The van der Waals surface area contributed by atoms with E-state index in [2.05, 4.69) is 12.2 Å². The number of likely N-dealkylation sites (tertiary alicyclic amines) is 1. The van der Waals surface area contributed by atoms with Gasteiger partial charge in [0.15, 0.2) is 10.9 Å². The van der Waals surface area contributed by atoms with Gasteiger partial charge in [0.2, 0.25) is 5.91 Å². The van der Waals surface area contributed by atoms with E-state index >= 15 is 0 Å². The van der Waals surface area contributed by atoms with Crippen molar-refractivity contribution in [3.63, 3.8) is 0 Å². The number of hydrogen-bond acceptors (Lipinski definition) is 7. The maximum Gasteiger partial charge on any atom is 0.293 e. The van der Waals surface area contributed by atoms with Gasteiger partial charge in [-0.15, -0.1) is 11.3 Å². The standard InChI is InChI=1S/C26H35N3O5S/c1-25-9-8-20(31)26(2,15-30)19(25)14-18-22(16(25)13-21(32)29-10-4-3-5-11-29)27-24(35-18)28-23(33)17-7-6-12-34-17/h6-7,12,16,19-20,30-31H,3-5,8-11,13-15H2,1-2H3,(H,27,28,33). The molecule has 2 fully saturated rings. The lowest BCUT2D eigenvalue weighted by Gasteiger charge is -2.58. The minimum Gasteiger partial charge on any atom is -0.459 e. The molecule has 0 spiro atoms. The van der Waals surface area contributed by atoms with Crippen molar-refractivity contribution in [1.82, 2.24) is 9.88 Å².